The molecule has 0 bridgehead atoms. The Morgan fingerprint density at radius 3 is 1.92 bits per heavy atom. The lowest BCUT2D eigenvalue weighted by Crippen LogP contribution is -2.42. The standard InChI is InChI=1S/C12H23N/c1-9-5-7-11(8-6-9)12(13)10-3-2-4-10/h9-12H,2-8,13H2,1H3. The van der Waals surface area contributed by atoms with E-state index >= 15 is 0 Å². The SMILES string of the molecule is CC1CCC(C(N)C2CCC2)CC1. The second-order valence-electron chi connectivity index (χ2n) is 5.29. The molecule has 1 heteroatoms. The molecule has 1 atom stereocenters. The van der Waals surface area contributed by atoms with Gasteiger partial charge in [-0.3, -0.25) is 0 Å². The molecule has 2 rings (SSSR count). The zero-order valence-corrected chi connectivity index (χ0v) is 8.84. The summed E-state index contributed by atoms with van der Waals surface area (Å²) in [5, 5.41) is 0. The van der Waals surface area contributed by atoms with Crippen LogP contribution in [-0.4, -0.2) is 6.04 Å². The Morgan fingerprint density at radius 2 is 1.46 bits per heavy atom. The maximum Gasteiger partial charge on any atom is 0.00956 e. The molecular weight excluding hydrogens is 158 g/mol. The molecule has 1 nitrogen and oxygen atoms in total. The van der Waals surface area contributed by atoms with Crippen molar-refractivity contribution in [3.05, 3.63) is 0 Å². The summed E-state index contributed by atoms with van der Waals surface area (Å²) in [5.74, 6) is 2.71. The molecule has 2 saturated carbocycles. The molecule has 0 aromatic rings. The van der Waals surface area contributed by atoms with E-state index in [4.69, 9.17) is 5.73 Å². The van der Waals surface area contributed by atoms with Gasteiger partial charge in [-0.25, -0.2) is 0 Å². The predicted molar refractivity (Wildman–Crippen MR) is 56.4 cm³/mol. The molecule has 2 aliphatic rings. The van der Waals surface area contributed by atoms with Gasteiger partial charge in [0.25, 0.3) is 0 Å². The zero-order valence-electron chi connectivity index (χ0n) is 8.84. The molecule has 2 aliphatic carbocycles. The van der Waals surface area contributed by atoms with E-state index in [0.717, 1.165) is 17.8 Å². The van der Waals surface area contributed by atoms with Crippen LogP contribution in [0, 0.1) is 17.8 Å². The Hall–Kier alpha value is -0.0400. The van der Waals surface area contributed by atoms with Gasteiger partial charge in [0.1, 0.15) is 0 Å². The topological polar surface area (TPSA) is 26.0 Å². The van der Waals surface area contributed by atoms with E-state index in [1.807, 2.05) is 0 Å². The minimum absolute atomic E-state index is 0.543. The molecule has 2 fully saturated rings. The van der Waals surface area contributed by atoms with Gasteiger partial charge >= 0.3 is 0 Å². The number of nitrogens with two attached hydrogens (primary N) is 1. The summed E-state index contributed by atoms with van der Waals surface area (Å²) in [4.78, 5) is 0. The predicted octanol–water partition coefficient (Wildman–Crippen LogP) is 2.94. The first-order valence-electron chi connectivity index (χ1n) is 6.03. The van der Waals surface area contributed by atoms with E-state index in [-0.39, 0.29) is 0 Å². The first-order valence-corrected chi connectivity index (χ1v) is 6.03. The lowest BCUT2D eigenvalue weighted by molar-refractivity contribution is 0.162. The van der Waals surface area contributed by atoms with Crippen LogP contribution in [0.25, 0.3) is 0 Å². The molecule has 1 unspecified atom stereocenters. The number of rotatable bonds is 2. The summed E-state index contributed by atoms with van der Waals surface area (Å²) in [7, 11) is 0. The van der Waals surface area contributed by atoms with Crippen LogP contribution in [0.4, 0.5) is 0 Å². The van der Waals surface area contributed by atoms with Crippen molar-refractivity contribution in [2.24, 2.45) is 23.5 Å². The van der Waals surface area contributed by atoms with Crippen molar-refractivity contribution >= 4 is 0 Å². The monoisotopic (exact) mass is 181 g/mol. The van der Waals surface area contributed by atoms with Crippen LogP contribution in [0.15, 0.2) is 0 Å². The molecule has 0 radical (unpaired) electrons. The third-order valence-electron chi connectivity index (χ3n) is 4.30. The highest BCUT2D eigenvalue weighted by Crippen LogP contribution is 2.37. The van der Waals surface area contributed by atoms with Crippen molar-refractivity contribution in [3.8, 4) is 0 Å². The van der Waals surface area contributed by atoms with Crippen LogP contribution < -0.4 is 5.73 Å². The first kappa shape index (κ1) is 9.51. The Kier molecular flexibility index (Phi) is 2.92. The van der Waals surface area contributed by atoms with Crippen LogP contribution >= 0.6 is 0 Å². The minimum atomic E-state index is 0.543. The molecular formula is C12H23N. The van der Waals surface area contributed by atoms with Crippen molar-refractivity contribution in [2.75, 3.05) is 0 Å². The van der Waals surface area contributed by atoms with Crippen LogP contribution in [0.5, 0.6) is 0 Å². The quantitative estimate of drug-likeness (QED) is 0.696. The van der Waals surface area contributed by atoms with Gasteiger partial charge in [-0.2, -0.15) is 0 Å². The molecule has 0 aromatic heterocycles. The van der Waals surface area contributed by atoms with Gasteiger partial charge in [0.05, 0.1) is 0 Å². The second-order valence-corrected chi connectivity index (χ2v) is 5.29. The fourth-order valence-corrected chi connectivity index (χ4v) is 2.88. The average Bonchev–Trinajstić information content (AvgIpc) is 2.02. The molecule has 0 aromatic carbocycles. The lowest BCUT2D eigenvalue weighted by atomic mass is 9.70. The molecule has 76 valence electrons. The molecule has 0 saturated heterocycles. The Bertz CT molecular complexity index is 155. The molecule has 13 heavy (non-hydrogen) atoms. The summed E-state index contributed by atoms with van der Waals surface area (Å²) in [5.41, 5.74) is 6.30. The van der Waals surface area contributed by atoms with E-state index in [2.05, 4.69) is 6.92 Å². The van der Waals surface area contributed by atoms with Gasteiger partial charge in [-0.15, -0.1) is 0 Å². The number of hydrogen-bond acceptors (Lipinski definition) is 1. The summed E-state index contributed by atoms with van der Waals surface area (Å²) >= 11 is 0. The summed E-state index contributed by atoms with van der Waals surface area (Å²) in [6, 6.07) is 0.543. The highest BCUT2D eigenvalue weighted by atomic mass is 14.7. The van der Waals surface area contributed by atoms with Crippen molar-refractivity contribution in [2.45, 2.75) is 57.9 Å². The van der Waals surface area contributed by atoms with Crippen molar-refractivity contribution in [3.63, 3.8) is 0 Å². The third kappa shape index (κ3) is 2.07. The average molecular weight is 181 g/mol. The van der Waals surface area contributed by atoms with Crippen LogP contribution in [0.1, 0.15) is 51.9 Å². The number of hydrogen-bond donors (Lipinski definition) is 1. The zero-order chi connectivity index (χ0) is 9.26. The third-order valence-corrected chi connectivity index (χ3v) is 4.30. The Morgan fingerprint density at radius 1 is 0.923 bits per heavy atom. The highest BCUT2D eigenvalue weighted by Gasteiger charge is 2.31. The molecule has 0 spiro atoms. The summed E-state index contributed by atoms with van der Waals surface area (Å²) in [6.45, 7) is 2.38. The van der Waals surface area contributed by atoms with Crippen molar-refractivity contribution < 1.29 is 0 Å². The first-order chi connectivity index (χ1) is 6.27. The summed E-state index contributed by atoms with van der Waals surface area (Å²) in [6.07, 6.45) is 9.90. The van der Waals surface area contributed by atoms with Gasteiger partial charge in [0.2, 0.25) is 0 Å². The van der Waals surface area contributed by atoms with Crippen LogP contribution in [0.2, 0.25) is 0 Å². The normalized spacial score (nSPS) is 38.3. The van der Waals surface area contributed by atoms with Gasteiger partial charge in [0.15, 0.2) is 0 Å². The highest BCUT2D eigenvalue weighted by molar-refractivity contribution is 4.87. The Labute approximate surface area is 82.1 Å². The minimum Gasteiger partial charge on any atom is -0.327 e. The molecule has 0 amide bonds. The van der Waals surface area contributed by atoms with Gasteiger partial charge < -0.3 is 5.73 Å². The second kappa shape index (κ2) is 4.00. The fraction of sp³-hybridized carbons (Fsp3) is 1.00. The summed E-state index contributed by atoms with van der Waals surface area (Å²) < 4.78 is 0. The molecule has 2 N–H and O–H groups in total. The largest absolute Gasteiger partial charge is 0.327 e. The van der Waals surface area contributed by atoms with Gasteiger partial charge in [-0.05, 0) is 43.4 Å². The lowest BCUT2D eigenvalue weighted by Gasteiger charge is -2.39. The maximum atomic E-state index is 6.30. The van der Waals surface area contributed by atoms with Crippen molar-refractivity contribution in [1.29, 1.82) is 0 Å². The maximum absolute atomic E-state index is 6.30. The van der Waals surface area contributed by atoms with E-state index in [9.17, 15) is 0 Å². The van der Waals surface area contributed by atoms with Crippen molar-refractivity contribution in [1.82, 2.24) is 0 Å². The fourth-order valence-electron chi connectivity index (χ4n) is 2.88. The molecule has 0 aliphatic heterocycles. The molecule has 0 heterocycles. The van der Waals surface area contributed by atoms with E-state index in [1.165, 1.54) is 44.9 Å². The Balaban J connectivity index is 1.79. The van der Waals surface area contributed by atoms with E-state index in [1.54, 1.807) is 0 Å². The van der Waals surface area contributed by atoms with E-state index < -0.39 is 0 Å². The van der Waals surface area contributed by atoms with Crippen LogP contribution in [-0.2, 0) is 0 Å². The van der Waals surface area contributed by atoms with Gasteiger partial charge in [-0.1, -0.05) is 26.2 Å². The van der Waals surface area contributed by atoms with Crippen LogP contribution in [0.3, 0.4) is 0 Å². The van der Waals surface area contributed by atoms with E-state index in [0.29, 0.717) is 6.04 Å². The smallest absolute Gasteiger partial charge is 0.00956 e. The van der Waals surface area contributed by atoms with Gasteiger partial charge in [0, 0.05) is 6.04 Å².